The molecule has 0 spiro atoms. The highest BCUT2D eigenvalue weighted by molar-refractivity contribution is 5.84. The highest BCUT2D eigenvalue weighted by atomic mass is 19.3. The fraction of sp³-hybridized carbons (Fsp3) is 0.519. The minimum Gasteiger partial charge on any atom is -0.494 e. The lowest BCUT2D eigenvalue weighted by atomic mass is 9.95. The molecular weight excluding hydrogens is 550 g/mol. The van der Waals surface area contributed by atoms with Gasteiger partial charge in [0.05, 0.1) is 39.1 Å². The molecule has 3 aromatic rings. The molecule has 224 valence electrons. The number of benzene rings is 1. The molecule has 15 heteroatoms. The van der Waals surface area contributed by atoms with E-state index in [1.54, 1.807) is 24.4 Å². The summed E-state index contributed by atoms with van der Waals surface area (Å²) in [6.45, 7) is 6.96. The van der Waals surface area contributed by atoms with Gasteiger partial charge in [-0.1, -0.05) is 6.07 Å². The molecule has 1 unspecified atom stereocenters. The Morgan fingerprint density at radius 2 is 1.76 bits per heavy atom. The summed E-state index contributed by atoms with van der Waals surface area (Å²) in [5.74, 6) is 1.09. The molecule has 0 saturated carbocycles. The second kappa shape index (κ2) is 12.2. The van der Waals surface area contributed by atoms with Crippen LogP contribution in [-0.4, -0.2) is 108 Å². The van der Waals surface area contributed by atoms with Crippen LogP contribution in [0.1, 0.15) is 24.5 Å². The van der Waals surface area contributed by atoms with E-state index in [-0.39, 0.29) is 17.3 Å². The quantitative estimate of drug-likeness (QED) is 0.377. The van der Waals surface area contributed by atoms with Gasteiger partial charge in [0.15, 0.2) is 11.6 Å². The summed E-state index contributed by atoms with van der Waals surface area (Å²) in [6, 6.07) is 5.04. The molecule has 0 amide bonds. The Hall–Kier alpha value is -3.79. The number of rotatable bonds is 9. The number of nitrogens with two attached hydrogens (primary N) is 1. The summed E-state index contributed by atoms with van der Waals surface area (Å²) in [5.41, 5.74) is 6.30. The number of nitrogens with one attached hydrogen (secondary N) is 1. The van der Waals surface area contributed by atoms with Crippen LogP contribution >= 0.6 is 0 Å². The molecule has 5 heterocycles. The summed E-state index contributed by atoms with van der Waals surface area (Å²) in [5, 5.41) is 3.35. The van der Waals surface area contributed by atoms with Gasteiger partial charge in [-0.2, -0.15) is 15.0 Å². The van der Waals surface area contributed by atoms with Gasteiger partial charge in [0.2, 0.25) is 11.9 Å². The van der Waals surface area contributed by atoms with Crippen LogP contribution in [0.4, 0.5) is 14.7 Å². The fourth-order valence-corrected chi connectivity index (χ4v) is 5.17. The third-order valence-corrected chi connectivity index (χ3v) is 7.52. The van der Waals surface area contributed by atoms with E-state index < -0.39 is 17.8 Å². The topological polar surface area (TPSA) is 141 Å². The Kier molecular flexibility index (Phi) is 8.24. The Balaban J connectivity index is 1.33. The SMILES string of the molecule is COc1cccc2c1nc(C(F)F)n2-c1nc(N2CCOCC2)nc(C2(N)C=NC(NCCN3CCOCC3)=CC2)n1. The molecule has 6 rings (SSSR count). The van der Waals surface area contributed by atoms with Gasteiger partial charge in [-0.25, -0.2) is 18.8 Å². The number of ether oxygens (including phenoxy) is 3. The molecule has 13 nitrogen and oxygen atoms in total. The first-order chi connectivity index (χ1) is 20.4. The zero-order valence-corrected chi connectivity index (χ0v) is 23.4. The number of hydrogen-bond acceptors (Lipinski definition) is 12. The maximum Gasteiger partial charge on any atom is 0.296 e. The highest BCUT2D eigenvalue weighted by Crippen LogP contribution is 2.33. The first-order valence-electron chi connectivity index (χ1n) is 14.0. The summed E-state index contributed by atoms with van der Waals surface area (Å²) in [7, 11) is 1.47. The van der Waals surface area contributed by atoms with E-state index in [1.165, 1.54) is 11.7 Å². The molecule has 0 aliphatic carbocycles. The highest BCUT2D eigenvalue weighted by Gasteiger charge is 2.34. The Morgan fingerprint density at radius 3 is 2.45 bits per heavy atom. The van der Waals surface area contributed by atoms with Gasteiger partial charge in [-0.3, -0.25) is 9.47 Å². The van der Waals surface area contributed by atoms with Crippen LogP contribution in [0, 0.1) is 0 Å². The number of fused-ring (bicyclic) bond motifs is 1. The van der Waals surface area contributed by atoms with Crippen LogP contribution in [-0.2, 0) is 15.0 Å². The predicted octanol–water partition coefficient (Wildman–Crippen LogP) is 1.39. The average Bonchev–Trinajstić information content (AvgIpc) is 3.43. The standard InChI is InChI=1S/C27H34F2N10O3/c1-40-19-4-2-3-18-21(19)33-23(22(28)29)39(18)26-35-24(34-25(36-26)38-11-15-42-16-12-38)27(30)6-5-20(32-17-27)31-7-8-37-9-13-41-14-10-37/h2-5,17,22,31H,6-16,30H2,1H3. The molecule has 42 heavy (non-hydrogen) atoms. The van der Waals surface area contributed by atoms with Gasteiger partial charge in [-0.05, 0) is 24.6 Å². The maximum atomic E-state index is 14.3. The zero-order chi connectivity index (χ0) is 29.1. The van der Waals surface area contributed by atoms with Crippen LogP contribution in [0.15, 0.2) is 35.1 Å². The number of alkyl halides is 2. The number of halogens is 2. The van der Waals surface area contributed by atoms with Crippen molar-refractivity contribution in [2.45, 2.75) is 18.4 Å². The molecule has 3 aliphatic heterocycles. The predicted molar refractivity (Wildman–Crippen MR) is 151 cm³/mol. The Morgan fingerprint density at radius 1 is 1.02 bits per heavy atom. The van der Waals surface area contributed by atoms with Crippen molar-refractivity contribution < 1.29 is 23.0 Å². The number of morpholine rings is 2. The normalized spacial score (nSPS) is 21.6. The molecule has 1 aromatic carbocycles. The fourth-order valence-electron chi connectivity index (χ4n) is 5.17. The third-order valence-electron chi connectivity index (χ3n) is 7.52. The van der Waals surface area contributed by atoms with Crippen molar-refractivity contribution in [2.24, 2.45) is 10.7 Å². The summed E-state index contributed by atoms with van der Waals surface area (Å²) in [6.07, 6.45) is 0.961. The maximum absolute atomic E-state index is 14.3. The van der Waals surface area contributed by atoms with E-state index in [0.717, 1.165) is 39.4 Å². The van der Waals surface area contributed by atoms with E-state index >= 15 is 0 Å². The van der Waals surface area contributed by atoms with E-state index in [4.69, 9.17) is 24.9 Å². The molecule has 0 bridgehead atoms. The largest absolute Gasteiger partial charge is 0.494 e. The van der Waals surface area contributed by atoms with Crippen LogP contribution < -0.4 is 20.7 Å². The van der Waals surface area contributed by atoms with Crippen LogP contribution in [0.3, 0.4) is 0 Å². The molecule has 3 aliphatic rings. The number of imidazole rings is 1. The Bertz CT molecular complexity index is 1470. The molecule has 0 radical (unpaired) electrons. The third kappa shape index (κ3) is 5.77. The van der Waals surface area contributed by atoms with Crippen molar-refractivity contribution in [2.75, 3.05) is 77.7 Å². The molecule has 2 saturated heterocycles. The van der Waals surface area contributed by atoms with Crippen molar-refractivity contribution >= 4 is 23.2 Å². The van der Waals surface area contributed by atoms with Crippen LogP contribution in [0.2, 0.25) is 0 Å². The molecular formula is C27H34F2N10O3. The van der Waals surface area contributed by atoms with Gasteiger partial charge in [0, 0.05) is 45.5 Å². The lowest BCUT2D eigenvalue weighted by molar-refractivity contribution is 0.0387. The second-order valence-corrected chi connectivity index (χ2v) is 10.3. The number of aromatic nitrogens is 5. The van der Waals surface area contributed by atoms with Crippen molar-refractivity contribution in [3.8, 4) is 11.7 Å². The minimum absolute atomic E-state index is 0.0100. The monoisotopic (exact) mass is 584 g/mol. The van der Waals surface area contributed by atoms with Crippen molar-refractivity contribution in [3.05, 3.63) is 41.7 Å². The van der Waals surface area contributed by atoms with Crippen LogP contribution in [0.5, 0.6) is 5.75 Å². The molecule has 2 fully saturated rings. The van der Waals surface area contributed by atoms with E-state index in [1.807, 2.05) is 11.0 Å². The molecule has 3 N–H and O–H groups in total. The van der Waals surface area contributed by atoms with E-state index in [0.29, 0.717) is 55.8 Å². The van der Waals surface area contributed by atoms with Crippen molar-refractivity contribution in [1.82, 2.24) is 34.7 Å². The van der Waals surface area contributed by atoms with E-state index in [2.05, 4.69) is 30.2 Å². The number of para-hydroxylation sites is 1. The number of methoxy groups -OCH3 is 1. The Labute approximate surface area is 241 Å². The first kappa shape index (κ1) is 28.3. The van der Waals surface area contributed by atoms with Crippen LogP contribution in [0.25, 0.3) is 17.0 Å². The minimum atomic E-state index is -2.90. The smallest absolute Gasteiger partial charge is 0.296 e. The van der Waals surface area contributed by atoms with Gasteiger partial charge in [0.25, 0.3) is 6.43 Å². The summed E-state index contributed by atoms with van der Waals surface area (Å²) >= 11 is 0. The van der Waals surface area contributed by atoms with Gasteiger partial charge in [0.1, 0.15) is 22.6 Å². The number of aliphatic imine (C=N–C) groups is 1. The lowest BCUT2D eigenvalue weighted by Gasteiger charge is -2.30. The number of anilines is 1. The number of nitrogens with zero attached hydrogens (tertiary/aromatic N) is 8. The molecule has 2 aromatic heterocycles. The first-order valence-corrected chi connectivity index (χ1v) is 14.0. The van der Waals surface area contributed by atoms with Crippen molar-refractivity contribution in [1.29, 1.82) is 0 Å². The lowest BCUT2D eigenvalue weighted by Crippen LogP contribution is -2.44. The second-order valence-electron chi connectivity index (χ2n) is 10.3. The van der Waals surface area contributed by atoms with Gasteiger partial charge >= 0.3 is 0 Å². The summed E-state index contributed by atoms with van der Waals surface area (Å²) in [4.78, 5) is 27.0. The average molecular weight is 585 g/mol. The van der Waals surface area contributed by atoms with Gasteiger partial charge < -0.3 is 30.2 Å². The number of hydrogen-bond donors (Lipinski definition) is 2. The zero-order valence-electron chi connectivity index (χ0n) is 23.4. The molecule has 1 atom stereocenters. The van der Waals surface area contributed by atoms with Gasteiger partial charge in [-0.15, -0.1) is 0 Å². The van der Waals surface area contributed by atoms with Crippen molar-refractivity contribution in [3.63, 3.8) is 0 Å². The van der Waals surface area contributed by atoms with E-state index in [9.17, 15) is 8.78 Å². The summed E-state index contributed by atoms with van der Waals surface area (Å²) < 4.78 is 46.2.